The van der Waals surface area contributed by atoms with Crippen molar-refractivity contribution in [2.75, 3.05) is 18.0 Å². The van der Waals surface area contributed by atoms with Gasteiger partial charge >= 0.3 is 5.97 Å². The Bertz CT molecular complexity index is 619. The number of aliphatic carboxylic acids is 1. The molecule has 1 N–H and O–H groups in total. The zero-order chi connectivity index (χ0) is 13.4. The number of aryl methyl sites for hydroxylation is 1. The van der Waals surface area contributed by atoms with E-state index in [1.165, 1.54) is 0 Å². The zero-order valence-electron chi connectivity index (χ0n) is 10.5. The molecule has 2 aromatic rings. The molecule has 1 aliphatic rings. The van der Waals surface area contributed by atoms with Crippen LogP contribution in [0.2, 0.25) is 0 Å². The Kier molecular flexibility index (Phi) is 3.06. The molecule has 6 nitrogen and oxygen atoms in total. The number of carboxylic acids is 1. The highest BCUT2D eigenvalue weighted by atomic mass is 32.1. The predicted octanol–water partition coefficient (Wildman–Crippen LogP) is 1.70. The summed E-state index contributed by atoms with van der Waals surface area (Å²) in [5.74, 6) is -0.908. The van der Waals surface area contributed by atoms with Gasteiger partial charge < -0.3 is 10.0 Å². The number of anilines is 1. The number of aromatic nitrogens is 3. The first kappa shape index (κ1) is 12.3. The molecule has 0 saturated carbocycles. The molecule has 100 valence electrons. The molecule has 1 aliphatic heterocycles. The summed E-state index contributed by atoms with van der Waals surface area (Å²) >= 11 is 1.16. The molecular formula is C12H14N4O2S. The highest BCUT2D eigenvalue weighted by Gasteiger charge is 2.26. The number of rotatable bonds is 2. The molecular weight excluding hydrogens is 264 g/mol. The molecule has 1 fully saturated rings. The highest BCUT2D eigenvalue weighted by Crippen LogP contribution is 2.29. The van der Waals surface area contributed by atoms with E-state index in [9.17, 15) is 4.79 Å². The molecule has 3 rings (SSSR count). The van der Waals surface area contributed by atoms with E-state index in [2.05, 4.69) is 18.6 Å². The van der Waals surface area contributed by atoms with Crippen LogP contribution in [0.3, 0.4) is 0 Å². The minimum Gasteiger partial charge on any atom is -0.481 e. The van der Waals surface area contributed by atoms with Crippen molar-refractivity contribution < 1.29 is 9.90 Å². The summed E-state index contributed by atoms with van der Waals surface area (Å²) in [5, 5.41) is 9.03. The SMILES string of the molecule is Cc1cc(N2CCC(C(=O)O)CC2)c2nsnc2n1. The molecule has 0 radical (unpaired) electrons. The Morgan fingerprint density at radius 2 is 2.16 bits per heavy atom. The Balaban J connectivity index is 1.89. The van der Waals surface area contributed by atoms with Gasteiger partial charge in [0.2, 0.25) is 0 Å². The molecule has 3 heterocycles. The van der Waals surface area contributed by atoms with Crippen molar-refractivity contribution in [1.82, 2.24) is 13.7 Å². The van der Waals surface area contributed by atoms with Crippen molar-refractivity contribution in [1.29, 1.82) is 0 Å². The largest absolute Gasteiger partial charge is 0.481 e. The lowest BCUT2D eigenvalue weighted by Crippen LogP contribution is -2.36. The highest BCUT2D eigenvalue weighted by molar-refractivity contribution is 7.00. The number of fused-ring (bicyclic) bond motifs is 1. The average Bonchev–Trinajstić information content (AvgIpc) is 2.85. The summed E-state index contributed by atoms with van der Waals surface area (Å²) < 4.78 is 8.48. The first-order valence-corrected chi connectivity index (χ1v) is 6.96. The number of pyridine rings is 1. The fraction of sp³-hybridized carbons (Fsp3) is 0.500. The van der Waals surface area contributed by atoms with Crippen molar-refractivity contribution in [2.24, 2.45) is 5.92 Å². The zero-order valence-corrected chi connectivity index (χ0v) is 11.4. The van der Waals surface area contributed by atoms with Crippen molar-refractivity contribution >= 4 is 34.5 Å². The van der Waals surface area contributed by atoms with E-state index in [4.69, 9.17) is 5.11 Å². The summed E-state index contributed by atoms with van der Waals surface area (Å²) in [5.41, 5.74) is 3.44. The lowest BCUT2D eigenvalue weighted by molar-refractivity contribution is -0.142. The van der Waals surface area contributed by atoms with E-state index in [-0.39, 0.29) is 5.92 Å². The minimum absolute atomic E-state index is 0.219. The minimum atomic E-state index is -0.689. The van der Waals surface area contributed by atoms with Gasteiger partial charge in [-0.1, -0.05) is 0 Å². The molecule has 7 heteroatoms. The number of carboxylic acid groups (broad SMARTS) is 1. The number of nitrogens with zero attached hydrogens (tertiary/aromatic N) is 4. The first-order valence-electron chi connectivity index (χ1n) is 6.23. The average molecular weight is 278 g/mol. The second-order valence-corrected chi connectivity index (χ2v) is 5.35. The number of carbonyl (C=O) groups is 1. The molecule has 0 amide bonds. The van der Waals surface area contributed by atoms with Crippen molar-refractivity contribution in [3.63, 3.8) is 0 Å². The fourth-order valence-electron chi connectivity index (χ4n) is 2.49. The summed E-state index contributed by atoms with van der Waals surface area (Å²) in [6.45, 7) is 3.42. The Morgan fingerprint density at radius 3 is 2.84 bits per heavy atom. The van der Waals surface area contributed by atoms with Gasteiger partial charge in [0.1, 0.15) is 5.52 Å². The molecule has 0 atom stereocenters. The fourth-order valence-corrected chi connectivity index (χ4v) is 2.99. The van der Waals surface area contributed by atoms with Crippen LogP contribution in [0.25, 0.3) is 11.2 Å². The number of hydrogen-bond acceptors (Lipinski definition) is 6. The van der Waals surface area contributed by atoms with Gasteiger partial charge in [0.25, 0.3) is 0 Å². The van der Waals surface area contributed by atoms with Crippen LogP contribution in [0.15, 0.2) is 6.07 Å². The lowest BCUT2D eigenvalue weighted by atomic mass is 9.96. The topological polar surface area (TPSA) is 79.2 Å². The maximum Gasteiger partial charge on any atom is 0.306 e. The van der Waals surface area contributed by atoms with E-state index >= 15 is 0 Å². The van der Waals surface area contributed by atoms with Crippen molar-refractivity contribution in [2.45, 2.75) is 19.8 Å². The predicted molar refractivity (Wildman–Crippen MR) is 72.5 cm³/mol. The smallest absolute Gasteiger partial charge is 0.306 e. The number of piperidine rings is 1. The third-order valence-corrected chi connectivity index (χ3v) is 4.05. The summed E-state index contributed by atoms with van der Waals surface area (Å²) in [6, 6.07) is 2.00. The third kappa shape index (κ3) is 2.25. The van der Waals surface area contributed by atoms with E-state index in [1.54, 1.807) is 0 Å². The third-order valence-electron chi connectivity index (χ3n) is 3.53. The monoisotopic (exact) mass is 278 g/mol. The molecule has 2 aromatic heterocycles. The van der Waals surface area contributed by atoms with Gasteiger partial charge in [0.15, 0.2) is 5.65 Å². The summed E-state index contributed by atoms with van der Waals surface area (Å²) in [6.07, 6.45) is 1.35. The molecule has 0 aliphatic carbocycles. The summed E-state index contributed by atoms with van der Waals surface area (Å²) in [4.78, 5) is 17.5. The molecule has 0 bridgehead atoms. The van der Waals surface area contributed by atoms with Crippen LogP contribution in [0.4, 0.5) is 5.69 Å². The molecule has 19 heavy (non-hydrogen) atoms. The van der Waals surface area contributed by atoms with Gasteiger partial charge in [-0.2, -0.15) is 8.75 Å². The van der Waals surface area contributed by atoms with Gasteiger partial charge in [0, 0.05) is 18.8 Å². The van der Waals surface area contributed by atoms with E-state index in [1.807, 2.05) is 13.0 Å². The van der Waals surface area contributed by atoms with Crippen molar-refractivity contribution in [3.8, 4) is 0 Å². The van der Waals surface area contributed by atoms with E-state index in [0.717, 1.165) is 41.7 Å². The normalized spacial score (nSPS) is 17.0. The van der Waals surface area contributed by atoms with Gasteiger partial charge in [-0.15, -0.1) is 0 Å². The summed E-state index contributed by atoms with van der Waals surface area (Å²) in [7, 11) is 0. The van der Waals surface area contributed by atoms with Gasteiger partial charge in [0.05, 0.1) is 23.3 Å². The lowest BCUT2D eigenvalue weighted by Gasteiger charge is -2.31. The molecule has 0 aromatic carbocycles. The maximum absolute atomic E-state index is 11.0. The standard InChI is InChI=1S/C12H14N4O2S/c1-7-6-9(10-11(13-7)15-19-14-10)16-4-2-8(3-5-16)12(17)18/h6,8H,2-5H2,1H3,(H,17,18). The van der Waals surface area contributed by atoms with E-state index < -0.39 is 5.97 Å². The molecule has 0 spiro atoms. The number of hydrogen-bond donors (Lipinski definition) is 1. The molecule has 1 saturated heterocycles. The van der Waals surface area contributed by atoms with Gasteiger partial charge in [-0.05, 0) is 25.8 Å². The quantitative estimate of drug-likeness (QED) is 0.900. The van der Waals surface area contributed by atoms with Crippen LogP contribution >= 0.6 is 11.7 Å². The Morgan fingerprint density at radius 1 is 1.42 bits per heavy atom. The maximum atomic E-state index is 11.0. The van der Waals surface area contributed by atoms with Gasteiger partial charge in [-0.3, -0.25) is 4.79 Å². The van der Waals surface area contributed by atoms with Gasteiger partial charge in [-0.25, -0.2) is 4.98 Å². The first-order chi connectivity index (χ1) is 9.15. The van der Waals surface area contributed by atoms with Crippen LogP contribution in [-0.2, 0) is 4.79 Å². The van der Waals surface area contributed by atoms with Crippen LogP contribution in [0.1, 0.15) is 18.5 Å². The van der Waals surface area contributed by atoms with Crippen LogP contribution in [-0.4, -0.2) is 37.9 Å². The van der Waals surface area contributed by atoms with Crippen molar-refractivity contribution in [3.05, 3.63) is 11.8 Å². The Hall–Kier alpha value is -1.76. The van der Waals surface area contributed by atoms with E-state index in [0.29, 0.717) is 18.5 Å². The second kappa shape index (κ2) is 4.73. The Labute approximate surface area is 114 Å². The van der Waals surface area contributed by atoms with Crippen LogP contribution < -0.4 is 4.90 Å². The van der Waals surface area contributed by atoms with Crippen LogP contribution in [0.5, 0.6) is 0 Å². The second-order valence-electron chi connectivity index (χ2n) is 4.82. The molecule has 0 unspecified atom stereocenters. The van der Waals surface area contributed by atoms with Crippen LogP contribution in [0, 0.1) is 12.8 Å².